The average Bonchev–Trinajstić information content (AvgIpc) is 2.68. The van der Waals surface area contributed by atoms with E-state index < -0.39 is 0 Å². The molecule has 0 aliphatic carbocycles. The summed E-state index contributed by atoms with van der Waals surface area (Å²) >= 11 is 0. The van der Waals surface area contributed by atoms with Gasteiger partial charge in [0.2, 0.25) is 0 Å². The Bertz CT molecular complexity index is 477. The van der Waals surface area contributed by atoms with Crippen LogP contribution in [-0.4, -0.2) is 27.7 Å². The monoisotopic (exact) mass is 233 g/mol. The standard InChI is InChI=1S/C12H19N5/c1-10-6-12-15-8-11(9-17(12)16-10)7-14-5-3-2-4-13/h6,8-9,14H,2-5,7,13H2,1H3. The first-order valence-corrected chi connectivity index (χ1v) is 6.01. The van der Waals surface area contributed by atoms with Gasteiger partial charge in [0.05, 0.1) is 5.69 Å². The molecule has 0 aliphatic heterocycles. The Labute approximate surface area is 101 Å². The number of aryl methyl sites for hydroxylation is 1. The molecule has 17 heavy (non-hydrogen) atoms. The molecule has 0 fully saturated rings. The Morgan fingerprint density at radius 1 is 1.41 bits per heavy atom. The molecule has 0 atom stereocenters. The fraction of sp³-hybridized carbons (Fsp3) is 0.500. The van der Waals surface area contributed by atoms with Crippen molar-refractivity contribution < 1.29 is 0 Å². The summed E-state index contributed by atoms with van der Waals surface area (Å²) in [7, 11) is 0. The minimum Gasteiger partial charge on any atom is -0.330 e. The zero-order valence-corrected chi connectivity index (χ0v) is 10.2. The summed E-state index contributed by atoms with van der Waals surface area (Å²) in [5, 5.41) is 7.71. The summed E-state index contributed by atoms with van der Waals surface area (Å²) in [6.07, 6.45) is 6.10. The second-order valence-corrected chi connectivity index (χ2v) is 4.22. The molecule has 0 aliphatic rings. The molecular weight excluding hydrogens is 214 g/mol. The van der Waals surface area contributed by atoms with Crippen molar-refractivity contribution in [3.05, 3.63) is 29.7 Å². The lowest BCUT2D eigenvalue weighted by atomic mass is 10.3. The lowest BCUT2D eigenvalue weighted by molar-refractivity contribution is 0.624. The van der Waals surface area contributed by atoms with E-state index >= 15 is 0 Å². The number of nitrogens with one attached hydrogen (secondary N) is 1. The van der Waals surface area contributed by atoms with E-state index in [0.717, 1.165) is 49.4 Å². The number of hydrogen-bond acceptors (Lipinski definition) is 4. The van der Waals surface area contributed by atoms with Crippen LogP contribution in [0.2, 0.25) is 0 Å². The topological polar surface area (TPSA) is 68.2 Å². The molecule has 92 valence electrons. The molecule has 0 saturated carbocycles. The van der Waals surface area contributed by atoms with Crippen LogP contribution in [-0.2, 0) is 6.54 Å². The van der Waals surface area contributed by atoms with Crippen molar-refractivity contribution in [1.29, 1.82) is 0 Å². The van der Waals surface area contributed by atoms with Gasteiger partial charge in [0.15, 0.2) is 5.65 Å². The zero-order chi connectivity index (χ0) is 12.1. The Hall–Kier alpha value is -1.46. The highest BCUT2D eigenvalue weighted by Gasteiger charge is 2.00. The molecule has 0 bridgehead atoms. The number of aromatic nitrogens is 3. The third kappa shape index (κ3) is 3.25. The van der Waals surface area contributed by atoms with Crippen LogP contribution in [0.15, 0.2) is 18.5 Å². The second kappa shape index (κ2) is 5.75. The largest absolute Gasteiger partial charge is 0.330 e. The highest BCUT2D eigenvalue weighted by atomic mass is 15.2. The van der Waals surface area contributed by atoms with Crippen LogP contribution in [0.1, 0.15) is 24.1 Å². The summed E-state index contributed by atoms with van der Waals surface area (Å²) in [6.45, 7) is 4.56. The van der Waals surface area contributed by atoms with Crippen LogP contribution in [0.25, 0.3) is 5.65 Å². The van der Waals surface area contributed by atoms with E-state index in [9.17, 15) is 0 Å². The molecule has 2 aromatic heterocycles. The van der Waals surface area contributed by atoms with E-state index in [-0.39, 0.29) is 0 Å². The van der Waals surface area contributed by atoms with Crippen LogP contribution >= 0.6 is 0 Å². The summed E-state index contributed by atoms with van der Waals surface area (Å²) in [5.74, 6) is 0. The summed E-state index contributed by atoms with van der Waals surface area (Å²) in [6, 6.07) is 1.97. The maximum absolute atomic E-state index is 5.44. The molecule has 0 unspecified atom stereocenters. The third-order valence-corrected chi connectivity index (χ3v) is 2.63. The van der Waals surface area contributed by atoms with E-state index in [1.54, 1.807) is 0 Å². The summed E-state index contributed by atoms with van der Waals surface area (Å²) in [5.41, 5.74) is 8.47. The molecule has 0 amide bonds. The quantitative estimate of drug-likeness (QED) is 0.726. The maximum Gasteiger partial charge on any atom is 0.155 e. The van der Waals surface area contributed by atoms with Crippen LogP contribution in [0.3, 0.4) is 0 Å². The number of fused-ring (bicyclic) bond motifs is 1. The van der Waals surface area contributed by atoms with Crippen molar-refractivity contribution in [1.82, 2.24) is 19.9 Å². The number of rotatable bonds is 6. The molecule has 2 heterocycles. The van der Waals surface area contributed by atoms with Gasteiger partial charge in [0, 0.05) is 30.6 Å². The van der Waals surface area contributed by atoms with Crippen molar-refractivity contribution >= 4 is 5.65 Å². The highest BCUT2D eigenvalue weighted by molar-refractivity contribution is 5.38. The van der Waals surface area contributed by atoms with Crippen LogP contribution < -0.4 is 11.1 Å². The zero-order valence-electron chi connectivity index (χ0n) is 10.2. The van der Waals surface area contributed by atoms with E-state index in [1.165, 1.54) is 0 Å². The Balaban J connectivity index is 1.90. The maximum atomic E-state index is 5.44. The molecule has 0 spiro atoms. The van der Waals surface area contributed by atoms with Crippen molar-refractivity contribution in [2.45, 2.75) is 26.3 Å². The van der Waals surface area contributed by atoms with Crippen molar-refractivity contribution in [3.63, 3.8) is 0 Å². The Kier molecular flexibility index (Phi) is 4.06. The van der Waals surface area contributed by atoms with Crippen LogP contribution in [0.5, 0.6) is 0 Å². The van der Waals surface area contributed by atoms with Gasteiger partial charge in [-0.1, -0.05) is 0 Å². The molecule has 0 saturated heterocycles. The van der Waals surface area contributed by atoms with Gasteiger partial charge in [-0.15, -0.1) is 0 Å². The van der Waals surface area contributed by atoms with Crippen LogP contribution in [0, 0.1) is 6.92 Å². The molecule has 0 aromatic carbocycles. The minimum atomic E-state index is 0.766. The first-order valence-electron chi connectivity index (χ1n) is 6.01. The van der Waals surface area contributed by atoms with Gasteiger partial charge in [-0.25, -0.2) is 9.50 Å². The highest BCUT2D eigenvalue weighted by Crippen LogP contribution is 2.04. The Morgan fingerprint density at radius 2 is 2.29 bits per heavy atom. The molecule has 0 radical (unpaired) electrons. The SMILES string of the molecule is Cc1cc2ncc(CNCCCCN)cn2n1. The smallest absolute Gasteiger partial charge is 0.155 e. The van der Waals surface area contributed by atoms with E-state index in [4.69, 9.17) is 5.73 Å². The van der Waals surface area contributed by atoms with Gasteiger partial charge in [-0.3, -0.25) is 0 Å². The number of unbranched alkanes of at least 4 members (excludes halogenated alkanes) is 1. The second-order valence-electron chi connectivity index (χ2n) is 4.22. The van der Waals surface area contributed by atoms with E-state index in [1.807, 2.05) is 29.9 Å². The summed E-state index contributed by atoms with van der Waals surface area (Å²) < 4.78 is 1.83. The van der Waals surface area contributed by atoms with Crippen molar-refractivity contribution in [3.8, 4) is 0 Å². The van der Waals surface area contributed by atoms with Gasteiger partial charge in [-0.2, -0.15) is 5.10 Å². The lowest BCUT2D eigenvalue weighted by Gasteiger charge is -2.04. The summed E-state index contributed by atoms with van der Waals surface area (Å²) in [4.78, 5) is 4.36. The fourth-order valence-corrected chi connectivity index (χ4v) is 1.75. The predicted molar refractivity (Wildman–Crippen MR) is 67.7 cm³/mol. The predicted octanol–water partition coefficient (Wildman–Crippen LogP) is 0.866. The van der Waals surface area contributed by atoms with Gasteiger partial charge < -0.3 is 11.1 Å². The number of hydrogen-bond donors (Lipinski definition) is 2. The average molecular weight is 233 g/mol. The first-order chi connectivity index (χ1) is 8.29. The normalized spacial score (nSPS) is 11.2. The van der Waals surface area contributed by atoms with Gasteiger partial charge >= 0.3 is 0 Å². The van der Waals surface area contributed by atoms with E-state index in [2.05, 4.69) is 15.4 Å². The van der Waals surface area contributed by atoms with Gasteiger partial charge in [0.25, 0.3) is 0 Å². The third-order valence-electron chi connectivity index (χ3n) is 2.63. The molecule has 2 aromatic rings. The fourth-order valence-electron chi connectivity index (χ4n) is 1.75. The van der Waals surface area contributed by atoms with Gasteiger partial charge in [0.1, 0.15) is 0 Å². The molecule has 5 heteroatoms. The van der Waals surface area contributed by atoms with E-state index in [0.29, 0.717) is 0 Å². The molecular formula is C12H19N5. The minimum absolute atomic E-state index is 0.766. The molecule has 3 N–H and O–H groups in total. The number of nitrogens with zero attached hydrogens (tertiary/aromatic N) is 3. The van der Waals surface area contributed by atoms with Crippen LogP contribution in [0.4, 0.5) is 0 Å². The molecule has 5 nitrogen and oxygen atoms in total. The van der Waals surface area contributed by atoms with Gasteiger partial charge in [-0.05, 0) is 32.9 Å². The first kappa shape index (κ1) is 12.0. The van der Waals surface area contributed by atoms with Crippen molar-refractivity contribution in [2.75, 3.05) is 13.1 Å². The molecule has 2 rings (SSSR count). The lowest BCUT2D eigenvalue weighted by Crippen LogP contribution is -2.16. The number of nitrogens with two attached hydrogens (primary N) is 1. The Morgan fingerprint density at radius 3 is 3.12 bits per heavy atom. The van der Waals surface area contributed by atoms with Crippen molar-refractivity contribution in [2.24, 2.45) is 5.73 Å².